The molecule has 0 bridgehead atoms. The van der Waals surface area contributed by atoms with Gasteiger partial charge in [0.15, 0.2) is 5.65 Å². The number of aromatic amines is 1. The quantitative estimate of drug-likeness (QED) is 0.592. The summed E-state index contributed by atoms with van der Waals surface area (Å²) in [6, 6.07) is 6.68. The second-order valence-corrected chi connectivity index (χ2v) is 11.3. The number of rotatable bonds is 5. The van der Waals surface area contributed by atoms with E-state index in [2.05, 4.69) is 10.1 Å². The Balaban J connectivity index is 1.46. The third-order valence-corrected chi connectivity index (χ3v) is 9.02. The van der Waals surface area contributed by atoms with Crippen molar-refractivity contribution in [1.82, 2.24) is 24.1 Å². The summed E-state index contributed by atoms with van der Waals surface area (Å²) in [6.07, 6.45) is 7.08. The molecule has 3 heterocycles. The first kappa shape index (κ1) is 23.0. The fourth-order valence-corrected chi connectivity index (χ4v) is 6.81. The Morgan fingerprint density at radius 1 is 1.06 bits per heavy atom. The van der Waals surface area contributed by atoms with Crippen molar-refractivity contribution in [3.05, 3.63) is 46.1 Å². The number of hydrogen-bond acceptors (Lipinski definition) is 6. The smallest absolute Gasteiger partial charge is 0.262 e. The Morgan fingerprint density at radius 3 is 2.50 bits per heavy atom. The van der Waals surface area contributed by atoms with Gasteiger partial charge in [0.1, 0.15) is 17.0 Å². The number of aromatic nitrogens is 4. The van der Waals surface area contributed by atoms with Gasteiger partial charge in [-0.05, 0) is 56.9 Å². The lowest BCUT2D eigenvalue weighted by molar-refractivity contribution is 0.308. The minimum atomic E-state index is -3.66. The topological polar surface area (TPSA) is 110 Å². The molecule has 1 aromatic carbocycles. The lowest BCUT2D eigenvalue weighted by Gasteiger charge is -2.31. The first-order chi connectivity index (χ1) is 16.4. The molecular weight excluding hydrogens is 454 g/mol. The summed E-state index contributed by atoms with van der Waals surface area (Å²) in [5.41, 5.74) is 1.11. The Bertz CT molecular complexity index is 1340. The predicted molar refractivity (Wildman–Crippen MR) is 129 cm³/mol. The number of methoxy groups -OCH3 is 1. The average molecular weight is 486 g/mol. The molecule has 1 aliphatic carbocycles. The van der Waals surface area contributed by atoms with Gasteiger partial charge in [0, 0.05) is 19.0 Å². The third kappa shape index (κ3) is 4.13. The number of nitrogens with zero attached hydrogens (tertiary/aromatic N) is 4. The summed E-state index contributed by atoms with van der Waals surface area (Å²) < 4.78 is 35.2. The van der Waals surface area contributed by atoms with Crippen LogP contribution in [0.15, 0.2) is 34.0 Å². The molecule has 0 spiro atoms. The second kappa shape index (κ2) is 9.14. The van der Waals surface area contributed by atoms with Gasteiger partial charge in [-0.15, -0.1) is 0 Å². The van der Waals surface area contributed by atoms with E-state index < -0.39 is 10.0 Å². The Morgan fingerprint density at radius 2 is 1.79 bits per heavy atom. The highest BCUT2D eigenvalue weighted by Crippen LogP contribution is 2.32. The molecule has 10 heteroatoms. The second-order valence-electron chi connectivity index (χ2n) is 9.35. The van der Waals surface area contributed by atoms with Gasteiger partial charge < -0.3 is 9.72 Å². The van der Waals surface area contributed by atoms with Crippen LogP contribution in [0.25, 0.3) is 11.0 Å². The normalized spacial score (nSPS) is 20.6. The molecule has 1 saturated carbocycles. The monoisotopic (exact) mass is 485 g/mol. The van der Waals surface area contributed by atoms with Gasteiger partial charge in [-0.3, -0.25) is 4.79 Å². The number of nitrogens with one attached hydrogen (secondary N) is 1. The molecule has 1 unspecified atom stereocenters. The van der Waals surface area contributed by atoms with Gasteiger partial charge in [0.2, 0.25) is 10.0 Å². The van der Waals surface area contributed by atoms with Crippen LogP contribution in [0.1, 0.15) is 68.4 Å². The molecule has 1 N–H and O–H groups in total. The maximum absolute atomic E-state index is 13.3. The summed E-state index contributed by atoms with van der Waals surface area (Å²) in [7, 11) is -2.11. The third-order valence-electron chi connectivity index (χ3n) is 7.14. The molecule has 5 rings (SSSR count). The Hall–Kier alpha value is -2.72. The molecule has 2 aromatic heterocycles. The number of piperidine rings is 1. The zero-order chi connectivity index (χ0) is 23.9. The molecule has 9 nitrogen and oxygen atoms in total. The number of fused-ring (bicyclic) bond motifs is 1. The summed E-state index contributed by atoms with van der Waals surface area (Å²) in [6.45, 7) is 2.57. The van der Waals surface area contributed by atoms with Crippen LogP contribution in [0, 0.1) is 6.92 Å². The van der Waals surface area contributed by atoms with Crippen molar-refractivity contribution in [1.29, 1.82) is 0 Å². The van der Waals surface area contributed by atoms with Crippen molar-refractivity contribution in [2.24, 2.45) is 0 Å². The summed E-state index contributed by atoms with van der Waals surface area (Å²) in [5.74, 6) is 0.966. The number of sulfonamides is 1. The molecule has 1 atom stereocenters. The highest BCUT2D eigenvalue weighted by Gasteiger charge is 2.33. The lowest BCUT2D eigenvalue weighted by atomic mass is 9.95. The van der Waals surface area contributed by atoms with Crippen LogP contribution < -0.4 is 10.3 Å². The predicted octanol–water partition coefficient (Wildman–Crippen LogP) is 3.51. The number of H-pyrrole nitrogens is 1. The van der Waals surface area contributed by atoms with Crippen molar-refractivity contribution in [3.63, 3.8) is 0 Å². The van der Waals surface area contributed by atoms with Crippen molar-refractivity contribution >= 4 is 21.1 Å². The molecule has 34 heavy (non-hydrogen) atoms. The molecule has 182 valence electrons. The van der Waals surface area contributed by atoms with Crippen LogP contribution in [0.2, 0.25) is 0 Å². The summed E-state index contributed by atoms with van der Waals surface area (Å²) in [4.78, 5) is 21.1. The highest BCUT2D eigenvalue weighted by molar-refractivity contribution is 7.89. The zero-order valence-corrected chi connectivity index (χ0v) is 20.5. The zero-order valence-electron chi connectivity index (χ0n) is 19.7. The van der Waals surface area contributed by atoms with Gasteiger partial charge >= 0.3 is 0 Å². The van der Waals surface area contributed by atoms with Crippen LogP contribution in [-0.2, 0) is 10.0 Å². The standard InChI is InChI=1S/C24H31N5O4S/c1-16-21-23(29(27-16)18-8-4-3-5-9-18)25-22(26-24(21)30)17-7-6-14-28(15-17)34(31,32)20-12-10-19(33-2)11-13-20/h10-13,17-18H,3-9,14-15H2,1-2H3,(H,25,26,30). The van der Waals surface area contributed by atoms with Gasteiger partial charge in [-0.1, -0.05) is 19.3 Å². The van der Waals surface area contributed by atoms with E-state index in [0.717, 1.165) is 32.1 Å². The number of aryl methyl sites for hydroxylation is 1. The fraction of sp³-hybridized carbons (Fsp3) is 0.542. The van der Waals surface area contributed by atoms with E-state index >= 15 is 0 Å². The summed E-state index contributed by atoms with van der Waals surface area (Å²) in [5, 5.41) is 5.22. The largest absolute Gasteiger partial charge is 0.497 e. The average Bonchev–Trinajstić information content (AvgIpc) is 3.21. The van der Waals surface area contributed by atoms with Crippen molar-refractivity contribution in [2.45, 2.75) is 68.7 Å². The molecule has 1 saturated heterocycles. The van der Waals surface area contributed by atoms with Gasteiger partial charge in [-0.2, -0.15) is 9.40 Å². The van der Waals surface area contributed by atoms with Gasteiger partial charge in [-0.25, -0.2) is 18.1 Å². The number of hydrogen-bond donors (Lipinski definition) is 1. The minimum absolute atomic E-state index is 0.186. The van der Waals surface area contributed by atoms with E-state index in [1.54, 1.807) is 31.4 Å². The fourth-order valence-electron chi connectivity index (χ4n) is 5.28. The van der Waals surface area contributed by atoms with Crippen molar-refractivity contribution < 1.29 is 13.2 Å². The van der Waals surface area contributed by atoms with Crippen molar-refractivity contribution in [2.75, 3.05) is 20.2 Å². The highest BCUT2D eigenvalue weighted by atomic mass is 32.2. The maximum atomic E-state index is 13.3. The molecular formula is C24H31N5O4S. The first-order valence-electron chi connectivity index (χ1n) is 12.0. The van der Waals surface area contributed by atoms with E-state index in [1.165, 1.54) is 10.7 Å². The molecule has 1 aliphatic heterocycles. The SMILES string of the molecule is COc1ccc(S(=O)(=O)N2CCCC(c3nc4c(c(C)nn4C4CCCCC4)c(=O)[nH]3)C2)cc1. The molecule has 0 radical (unpaired) electrons. The van der Waals surface area contributed by atoms with E-state index in [4.69, 9.17) is 9.72 Å². The van der Waals surface area contributed by atoms with E-state index in [0.29, 0.717) is 41.3 Å². The van der Waals surface area contributed by atoms with E-state index in [9.17, 15) is 13.2 Å². The molecule has 0 amide bonds. The van der Waals surface area contributed by atoms with Crippen LogP contribution in [0.5, 0.6) is 5.75 Å². The van der Waals surface area contributed by atoms with Gasteiger partial charge in [0.05, 0.1) is 23.7 Å². The molecule has 2 fully saturated rings. The Kier molecular flexibility index (Phi) is 6.20. The van der Waals surface area contributed by atoms with Crippen LogP contribution in [-0.4, -0.2) is 52.7 Å². The van der Waals surface area contributed by atoms with Crippen LogP contribution >= 0.6 is 0 Å². The number of benzene rings is 1. The summed E-state index contributed by atoms with van der Waals surface area (Å²) >= 11 is 0. The van der Waals surface area contributed by atoms with E-state index in [1.807, 2.05) is 11.6 Å². The molecule has 3 aromatic rings. The first-order valence-corrected chi connectivity index (χ1v) is 13.5. The van der Waals surface area contributed by atoms with E-state index in [-0.39, 0.29) is 29.0 Å². The minimum Gasteiger partial charge on any atom is -0.497 e. The van der Waals surface area contributed by atoms with Crippen molar-refractivity contribution in [3.8, 4) is 5.75 Å². The maximum Gasteiger partial charge on any atom is 0.262 e. The van der Waals surface area contributed by atoms with Crippen LogP contribution in [0.4, 0.5) is 0 Å². The molecule has 2 aliphatic rings. The van der Waals surface area contributed by atoms with Gasteiger partial charge in [0.25, 0.3) is 5.56 Å². The van der Waals surface area contributed by atoms with Crippen LogP contribution in [0.3, 0.4) is 0 Å². The Labute approximate surface area is 199 Å². The number of ether oxygens (including phenoxy) is 1. The lowest BCUT2D eigenvalue weighted by Crippen LogP contribution is -2.39.